The molecule has 1 aromatic rings. The van der Waals surface area contributed by atoms with E-state index in [1.54, 1.807) is 0 Å². The number of piperazine rings is 1. The lowest BCUT2D eigenvalue weighted by atomic mass is 10.2. The minimum absolute atomic E-state index is 0.622. The van der Waals surface area contributed by atoms with Crippen molar-refractivity contribution in [2.75, 3.05) is 50.5 Å². The summed E-state index contributed by atoms with van der Waals surface area (Å²) in [6.07, 6.45) is 0. The molecule has 0 unspecified atom stereocenters. The molecule has 0 aromatic heterocycles. The van der Waals surface area contributed by atoms with Gasteiger partial charge in [-0.3, -0.25) is 9.59 Å². The zero-order valence-corrected chi connectivity index (χ0v) is 11.8. The van der Waals surface area contributed by atoms with E-state index in [2.05, 4.69) is 27.5 Å². The molecule has 20 heavy (non-hydrogen) atoms. The Morgan fingerprint density at radius 2 is 1.60 bits per heavy atom. The summed E-state index contributed by atoms with van der Waals surface area (Å²) in [4.78, 5) is 27.2. The molecule has 1 heterocycles. The summed E-state index contributed by atoms with van der Waals surface area (Å²) < 4.78 is 0. The Morgan fingerprint density at radius 1 is 1.00 bits per heavy atom. The maximum atomic E-state index is 11.4. The summed E-state index contributed by atoms with van der Waals surface area (Å²) in [5.74, 6) is -1.30. The molecule has 1 aliphatic rings. The lowest BCUT2D eigenvalue weighted by molar-refractivity contribution is -0.135. The first kappa shape index (κ1) is 14.3. The number of benzene rings is 1. The largest absolute Gasteiger partial charge is 0.369 e. The predicted octanol–water partition coefficient (Wildman–Crippen LogP) is 0.123. The van der Waals surface area contributed by atoms with Gasteiger partial charge in [-0.1, -0.05) is 0 Å². The van der Waals surface area contributed by atoms with Crippen LogP contribution in [0.25, 0.3) is 0 Å². The van der Waals surface area contributed by atoms with Crippen LogP contribution in [0.4, 0.5) is 11.4 Å². The zero-order valence-electron chi connectivity index (χ0n) is 11.8. The summed E-state index contributed by atoms with van der Waals surface area (Å²) >= 11 is 0. The number of rotatable bonds is 2. The van der Waals surface area contributed by atoms with Crippen molar-refractivity contribution in [3.8, 4) is 0 Å². The van der Waals surface area contributed by atoms with Crippen LogP contribution in [-0.4, -0.2) is 57.0 Å². The van der Waals surface area contributed by atoms with Gasteiger partial charge in [-0.15, -0.1) is 0 Å². The van der Waals surface area contributed by atoms with Crippen LogP contribution in [0.15, 0.2) is 24.3 Å². The fraction of sp³-hybridized carbons (Fsp3) is 0.429. The number of carbonyl (C=O) groups is 2. The topological polar surface area (TPSA) is 64.7 Å². The second-order valence-corrected chi connectivity index (χ2v) is 4.87. The van der Waals surface area contributed by atoms with E-state index in [9.17, 15) is 9.59 Å². The molecule has 6 heteroatoms. The van der Waals surface area contributed by atoms with Crippen LogP contribution in [0.5, 0.6) is 0 Å². The van der Waals surface area contributed by atoms with Gasteiger partial charge in [-0.05, 0) is 31.3 Å². The van der Waals surface area contributed by atoms with Crippen molar-refractivity contribution in [3.63, 3.8) is 0 Å². The molecular weight excluding hydrogens is 256 g/mol. The fourth-order valence-corrected chi connectivity index (χ4v) is 2.12. The highest BCUT2D eigenvalue weighted by Gasteiger charge is 2.15. The van der Waals surface area contributed by atoms with E-state index < -0.39 is 11.8 Å². The standard InChI is InChI=1S/C14H20N4O2/c1-15-13(19)14(20)16-11-3-5-12(6-4-11)18-9-7-17(2)8-10-18/h3-6H,7-10H2,1-2H3,(H,15,19)(H,16,20). The number of carbonyl (C=O) groups excluding carboxylic acids is 2. The van der Waals surface area contributed by atoms with Gasteiger partial charge in [0.2, 0.25) is 0 Å². The third-order valence-electron chi connectivity index (χ3n) is 3.43. The minimum atomic E-state index is -0.653. The van der Waals surface area contributed by atoms with Gasteiger partial charge in [0.1, 0.15) is 0 Å². The van der Waals surface area contributed by atoms with Crippen LogP contribution >= 0.6 is 0 Å². The molecule has 2 rings (SSSR count). The van der Waals surface area contributed by atoms with Crippen LogP contribution in [-0.2, 0) is 9.59 Å². The number of hydrogen-bond acceptors (Lipinski definition) is 4. The third-order valence-corrected chi connectivity index (χ3v) is 3.43. The molecule has 0 aliphatic carbocycles. The van der Waals surface area contributed by atoms with Gasteiger partial charge in [-0.25, -0.2) is 0 Å². The Bertz CT molecular complexity index is 478. The number of nitrogens with zero attached hydrogens (tertiary/aromatic N) is 2. The van der Waals surface area contributed by atoms with Gasteiger partial charge in [0.15, 0.2) is 0 Å². The number of nitrogens with one attached hydrogen (secondary N) is 2. The summed E-state index contributed by atoms with van der Waals surface area (Å²) in [7, 11) is 3.55. The lowest BCUT2D eigenvalue weighted by Gasteiger charge is -2.34. The van der Waals surface area contributed by atoms with Crippen LogP contribution < -0.4 is 15.5 Å². The first-order chi connectivity index (χ1) is 9.60. The highest BCUT2D eigenvalue weighted by atomic mass is 16.2. The quantitative estimate of drug-likeness (QED) is 0.753. The molecule has 2 N–H and O–H groups in total. The smallest absolute Gasteiger partial charge is 0.313 e. The maximum Gasteiger partial charge on any atom is 0.313 e. The monoisotopic (exact) mass is 276 g/mol. The number of amides is 2. The molecule has 1 aromatic carbocycles. The average molecular weight is 276 g/mol. The second-order valence-electron chi connectivity index (χ2n) is 4.87. The molecule has 1 aliphatic heterocycles. The molecule has 2 amide bonds. The molecular formula is C14H20N4O2. The molecule has 0 bridgehead atoms. The summed E-state index contributed by atoms with van der Waals surface area (Å²) in [6.45, 7) is 4.10. The van der Waals surface area contributed by atoms with Crippen molar-refractivity contribution in [2.24, 2.45) is 0 Å². The second kappa shape index (κ2) is 6.38. The van der Waals surface area contributed by atoms with E-state index >= 15 is 0 Å². The van der Waals surface area contributed by atoms with Crippen LogP contribution in [0.1, 0.15) is 0 Å². The number of anilines is 2. The molecule has 108 valence electrons. The first-order valence-electron chi connectivity index (χ1n) is 6.67. The molecule has 0 radical (unpaired) electrons. The fourth-order valence-electron chi connectivity index (χ4n) is 2.12. The van der Waals surface area contributed by atoms with Crippen molar-refractivity contribution in [2.45, 2.75) is 0 Å². The van der Waals surface area contributed by atoms with Gasteiger partial charge >= 0.3 is 11.8 Å². The molecule has 0 saturated carbocycles. The summed E-state index contributed by atoms with van der Waals surface area (Å²) in [5, 5.41) is 4.84. The average Bonchev–Trinajstić information content (AvgIpc) is 2.48. The zero-order chi connectivity index (χ0) is 14.5. The Kier molecular flexibility index (Phi) is 4.57. The number of hydrogen-bond donors (Lipinski definition) is 2. The van der Waals surface area contributed by atoms with Crippen molar-refractivity contribution in [1.82, 2.24) is 10.2 Å². The van der Waals surface area contributed by atoms with E-state index in [1.165, 1.54) is 7.05 Å². The minimum Gasteiger partial charge on any atom is -0.369 e. The molecule has 1 saturated heterocycles. The van der Waals surface area contributed by atoms with Crippen molar-refractivity contribution in [1.29, 1.82) is 0 Å². The molecule has 1 fully saturated rings. The summed E-state index contributed by atoms with van der Waals surface area (Å²) in [5.41, 5.74) is 1.76. The Hall–Kier alpha value is -2.08. The van der Waals surface area contributed by atoms with Crippen molar-refractivity contribution < 1.29 is 9.59 Å². The van der Waals surface area contributed by atoms with E-state index in [4.69, 9.17) is 0 Å². The SMILES string of the molecule is CNC(=O)C(=O)Nc1ccc(N2CCN(C)CC2)cc1. The molecule has 6 nitrogen and oxygen atoms in total. The third kappa shape index (κ3) is 3.48. The van der Waals surface area contributed by atoms with E-state index in [1.807, 2.05) is 24.3 Å². The van der Waals surface area contributed by atoms with Gasteiger partial charge < -0.3 is 20.4 Å². The highest BCUT2D eigenvalue weighted by Crippen LogP contribution is 2.19. The van der Waals surface area contributed by atoms with E-state index in [0.29, 0.717) is 5.69 Å². The lowest BCUT2D eigenvalue weighted by Crippen LogP contribution is -2.44. The van der Waals surface area contributed by atoms with Crippen LogP contribution in [0.2, 0.25) is 0 Å². The van der Waals surface area contributed by atoms with Gasteiger partial charge in [0, 0.05) is 44.6 Å². The van der Waals surface area contributed by atoms with Gasteiger partial charge in [0.25, 0.3) is 0 Å². The first-order valence-corrected chi connectivity index (χ1v) is 6.67. The maximum absolute atomic E-state index is 11.4. The van der Waals surface area contributed by atoms with Crippen LogP contribution in [0, 0.1) is 0 Å². The van der Waals surface area contributed by atoms with Crippen molar-refractivity contribution in [3.05, 3.63) is 24.3 Å². The predicted molar refractivity (Wildman–Crippen MR) is 78.8 cm³/mol. The number of likely N-dealkylation sites (N-methyl/N-ethyl adjacent to an activating group) is 2. The van der Waals surface area contributed by atoms with Crippen molar-refractivity contribution >= 4 is 23.2 Å². The summed E-state index contributed by atoms with van der Waals surface area (Å²) in [6, 6.07) is 7.55. The Labute approximate surface area is 118 Å². The van der Waals surface area contributed by atoms with Crippen LogP contribution in [0.3, 0.4) is 0 Å². The Morgan fingerprint density at radius 3 is 2.15 bits per heavy atom. The normalized spacial score (nSPS) is 15.8. The van der Waals surface area contributed by atoms with Gasteiger partial charge in [-0.2, -0.15) is 0 Å². The van der Waals surface area contributed by atoms with E-state index in [-0.39, 0.29) is 0 Å². The highest BCUT2D eigenvalue weighted by molar-refractivity contribution is 6.39. The molecule has 0 spiro atoms. The van der Waals surface area contributed by atoms with E-state index in [0.717, 1.165) is 31.9 Å². The Balaban J connectivity index is 1.96. The van der Waals surface area contributed by atoms with Gasteiger partial charge in [0.05, 0.1) is 0 Å². The molecule has 0 atom stereocenters.